The number of carbonyl (C=O) groups is 1. The van der Waals surface area contributed by atoms with Gasteiger partial charge in [0, 0.05) is 13.6 Å². The molecule has 0 saturated heterocycles. The second kappa shape index (κ2) is 6.95. The third kappa shape index (κ3) is 3.37. The summed E-state index contributed by atoms with van der Waals surface area (Å²) < 4.78 is 5.85. The molecular weight excluding hydrogens is 300 g/mol. The fraction of sp³-hybridized carbons (Fsp3) is 0.350. The number of para-hydroxylation sites is 2. The van der Waals surface area contributed by atoms with E-state index in [9.17, 15) is 4.79 Å². The average molecular weight is 324 g/mol. The molecule has 1 atom stereocenters. The van der Waals surface area contributed by atoms with E-state index in [0.717, 1.165) is 18.0 Å². The third-order valence-corrected chi connectivity index (χ3v) is 4.42. The van der Waals surface area contributed by atoms with E-state index in [1.807, 2.05) is 24.3 Å². The number of anilines is 1. The molecule has 2 aromatic rings. The van der Waals surface area contributed by atoms with Gasteiger partial charge in [0.1, 0.15) is 5.75 Å². The molecule has 24 heavy (non-hydrogen) atoms. The number of benzene rings is 2. The van der Waals surface area contributed by atoms with Crippen LogP contribution in [0.25, 0.3) is 0 Å². The zero-order chi connectivity index (χ0) is 17.1. The van der Waals surface area contributed by atoms with Gasteiger partial charge in [0.05, 0.1) is 12.2 Å². The van der Waals surface area contributed by atoms with Crippen LogP contribution in [0.15, 0.2) is 48.5 Å². The number of nitrogens with zero attached hydrogens (tertiary/aromatic N) is 1. The molecule has 0 spiro atoms. The lowest BCUT2D eigenvalue weighted by atomic mass is 10.0. The minimum Gasteiger partial charge on any atom is -0.477 e. The first-order chi connectivity index (χ1) is 11.6. The van der Waals surface area contributed by atoms with Gasteiger partial charge in [-0.25, -0.2) is 0 Å². The van der Waals surface area contributed by atoms with Gasteiger partial charge in [0.25, 0.3) is 5.91 Å². The topological polar surface area (TPSA) is 41.6 Å². The molecule has 0 bridgehead atoms. The van der Waals surface area contributed by atoms with Gasteiger partial charge in [-0.1, -0.05) is 50.2 Å². The van der Waals surface area contributed by atoms with E-state index in [1.54, 1.807) is 7.05 Å². The summed E-state index contributed by atoms with van der Waals surface area (Å²) in [4.78, 5) is 14.2. The van der Waals surface area contributed by atoms with Gasteiger partial charge >= 0.3 is 0 Å². The Hall–Kier alpha value is -2.49. The molecule has 0 fully saturated rings. The lowest BCUT2D eigenvalue weighted by Gasteiger charge is -2.35. The molecule has 0 radical (unpaired) electrons. The largest absolute Gasteiger partial charge is 0.477 e. The minimum absolute atomic E-state index is 0.0929. The zero-order valence-corrected chi connectivity index (χ0v) is 14.5. The van der Waals surface area contributed by atoms with Gasteiger partial charge in [-0.3, -0.25) is 4.79 Å². The molecule has 1 unspecified atom stereocenters. The Balaban J connectivity index is 1.84. The molecule has 1 N–H and O–H groups in total. The Labute approximate surface area is 143 Å². The summed E-state index contributed by atoms with van der Waals surface area (Å²) in [5.41, 5.74) is 3.60. The Morgan fingerprint density at radius 3 is 2.58 bits per heavy atom. The summed E-state index contributed by atoms with van der Waals surface area (Å²) in [6.45, 7) is 5.69. The first-order valence-electron chi connectivity index (χ1n) is 8.39. The van der Waals surface area contributed by atoms with Gasteiger partial charge < -0.3 is 15.0 Å². The van der Waals surface area contributed by atoms with Gasteiger partial charge in [0.2, 0.25) is 0 Å². The van der Waals surface area contributed by atoms with Crippen molar-refractivity contribution in [3.8, 4) is 5.75 Å². The van der Waals surface area contributed by atoms with E-state index < -0.39 is 6.10 Å². The third-order valence-electron chi connectivity index (χ3n) is 4.42. The first-order valence-corrected chi connectivity index (χ1v) is 8.39. The van der Waals surface area contributed by atoms with Crippen LogP contribution in [-0.4, -0.2) is 25.6 Å². The van der Waals surface area contributed by atoms with Crippen LogP contribution >= 0.6 is 0 Å². The number of hydrogen-bond acceptors (Lipinski definition) is 3. The van der Waals surface area contributed by atoms with Gasteiger partial charge in [-0.15, -0.1) is 0 Å². The van der Waals surface area contributed by atoms with Crippen molar-refractivity contribution in [3.05, 3.63) is 59.7 Å². The van der Waals surface area contributed by atoms with Crippen molar-refractivity contribution in [3.63, 3.8) is 0 Å². The summed E-state index contributed by atoms with van der Waals surface area (Å²) in [5, 5.41) is 2.68. The summed E-state index contributed by atoms with van der Waals surface area (Å²) in [7, 11) is 1.64. The van der Waals surface area contributed by atoms with Crippen molar-refractivity contribution in [2.24, 2.45) is 0 Å². The highest BCUT2D eigenvalue weighted by Crippen LogP contribution is 2.34. The van der Waals surface area contributed by atoms with Crippen molar-refractivity contribution in [1.29, 1.82) is 0 Å². The predicted molar refractivity (Wildman–Crippen MR) is 96.5 cm³/mol. The van der Waals surface area contributed by atoms with Crippen LogP contribution in [0, 0.1) is 0 Å². The van der Waals surface area contributed by atoms with Crippen LogP contribution in [0.4, 0.5) is 5.69 Å². The Kier molecular flexibility index (Phi) is 4.74. The van der Waals surface area contributed by atoms with E-state index in [2.05, 4.69) is 48.3 Å². The van der Waals surface area contributed by atoms with Gasteiger partial charge in [-0.05, 0) is 29.2 Å². The second-order valence-corrected chi connectivity index (χ2v) is 6.47. The maximum absolute atomic E-state index is 12.0. The molecule has 126 valence electrons. The number of ether oxygens (including phenoxy) is 1. The van der Waals surface area contributed by atoms with Crippen LogP contribution in [0.1, 0.15) is 30.9 Å². The molecule has 4 nitrogen and oxygen atoms in total. The smallest absolute Gasteiger partial charge is 0.262 e. The highest BCUT2D eigenvalue weighted by atomic mass is 16.5. The quantitative estimate of drug-likeness (QED) is 0.938. The number of nitrogens with one attached hydrogen (secondary N) is 1. The maximum atomic E-state index is 12.0. The molecule has 4 heteroatoms. The molecule has 0 aliphatic carbocycles. The minimum atomic E-state index is -0.486. The summed E-state index contributed by atoms with van der Waals surface area (Å²) >= 11 is 0. The number of likely N-dealkylation sites (N-methyl/N-ethyl adjacent to an activating group) is 1. The predicted octanol–water partition coefficient (Wildman–Crippen LogP) is 3.32. The fourth-order valence-electron chi connectivity index (χ4n) is 2.98. The van der Waals surface area contributed by atoms with Crippen LogP contribution < -0.4 is 15.0 Å². The molecular formula is C20H24N2O2. The number of carbonyl (C=O) groups excluding carboxylic acids is 1. The second-order valence-electron chi connectivity index (χ2n) is 6.47. The molecule has 1 amide bonds. The Morgan fingerprint density at radius 1 is 1.21 bits per heavy atom. The maximum Gasteiger partial charge on any atom is 0.262 e. The van der Waals surface area contributed by atoms with Crippen molar-refractivity contribution >= 4 is 11.6 Å². The van der Waals surface area contributed by atoms with E-state index in [1.165, 1.54) is 11.1 Å². The van der Waals surface area contributed by atoms with Crippen LogP contribution in [0.3, 0.4) is 0 Å². The highest BCUT2D eigenvalue weighted by molar-refractivity contribution is 5.83. The van der Waals surface area contributed by atoms with Gasteiger partial charge in [-0.2, -0.15) is 0 Å². The first kappa shape index (κ1) is 16.4. The Morgan fingerprint density at radius 2 is 1.92 bits per heavy atom. The van der Waals surface area contributed by atoms with Crippen LogP contribution in [-0.2, 0) is 11.3 Å². The zero-order valence-electron chi connectivity index (χ0n) is 14.5. The van der Waals surface area contributed by atoms with E-state index in [0.29, 0.717) is 12.5 Å². The molecule has 3 rings (SSSR count). The summed E-state index contributed by atoms with van der Waals surface area (Å²) in [6.07, 6.45) is -0.486. The lowest BCUT2D eigenvalue weighted by Crippen LogP contribution is -2.47. The van der Waals surface area contributed by atoms with Crippen molar-refractivity contribution in [2.75, 3.05) is 18.5 Å². The summed E-state index contributed by atoms with van der Waals surface area (Å²) in [5.74, 6) is 1.20. The number of rotatable bonds is 4. The lowest BCUT2D eigenvalue weighted by molar-refractivity contribution is -0.127. The average Bonchev–Trinajstić information content (AvgIpc) is 2.61. The standard InChI is InChI=1S/C20H24N2O2/c1-14(2)16-10-8-15(9-11-16)12-22-13-19(20(23)21-3)24-18-7-5-4-6-17(18)22/h4-11,14,19H,12-13H2,1-3H3,(H,21,23). The van der Waals surface area contributed by atoms with Crippen LogP contribution in [0.2, 0.25) is 0 Å². The van der Waals surface area contributed by atoms with Crippen LogP contribution in [0.5, 0.6) is 5.75 Å². The number of fused-ring (bicyclic) bond motifs is 1. The van der Waals surface area contributed by atoms with E-state index in [-0.39, 0.29) is 5.91 Å². The van der Waals surface area contributed by atoms with E-state index in [4.69, 9.17) is 4.74 Å². The normalized spacial score (nSPS) is 16.5. The van der Waals surface area contributed by atoms with Crippen molar-refractivity contribution < 1.29 is 9.53 Å². The molecule has 0 aromatic heterocycles. The van der Waals surface area contributed by atoms with E-state index >= 15 is 0 Å². The molecule has 2 aromatic carbocycles. The molecule has 1 heterocycles. The Bertz CT molecular complexity index is 710. The number of amides is 1. The summed E-state index contributed by atoms with van der Waals surface area (Å²) in [6, 6.07) is 16.6. The molecule has 1 aliphatic heterocycles. The monoisotopic (exact) mass is 324 g/mol. The fourth-order valence-corrected chi connectivity index (χ4v) is 2.98. The van der Waals surface area contributed by atoms with Crippen molar-refractivity contribution in [2.45, 2.75) is 32.4 Å². The van der Waals surface area contributed by atoms with Crippen molar-refractivity contribution in [1.82, 2.24) is 5.32 Å². The molecule has 1 aliphatic rings. The number of hydrogen-bond donors (Lipinski definition) is 1. The van der Waals surface area contributed by atoms with Gasteiger partial charge in [0.15, 0.2) is 6.10 Å². The SMILES string of the molecule is CNC(=O)C1CN(Cc2ccc(C(C)C)cc2)c2ccccc2O1. The molecule has 0 saturated carbocycles. The highest BCUT2D eigenvalue weighted by Gasteiger charge is 2.29.